The summed E-state index contributed by atoms with van der Waals surface area (Å²) in [5.41, 5.74) is 1.02. The lowest BCUT2D eigenvalue weighted by Crippen LogP contribution is -2.07. The zero-order valence-corrected chi connectivity index (χ0v) is 17.4. The highest BCUT2D eigenvalue weighted by atomic mass is 32.2. The number of aromatic nitrogens is 3. The summed E-state index contributed by atoms with van der Waals surface area (Å²) >= 11 is 1.64. The highest BCUT2D eigenvalue weighted by molar-refractivity contribution is 7.99. The molecule has 0 saturated carbocycles. The van der Waals surface area contributed by atoms with Crippen LogP contribution >= 0.6 is 11.8 Å². The molecule has 0 fully saturated rings. The molecule has 0 bridgehead atoms. The monoisotopic (exact) mass is 399 g/mol. The molecular formula is C21H25N3O3S. The molecule has 0 amide bonds. The highest BCUT2D eigenvalue weighted by Crippen LogP contribution is 2.28. The zero-order valence-electron chi connectivity index (χ0n) is 16.6. The molecule has 0 aliphatic rings. The van der Waals surface area contributed by atoms with E-state index < -0.39 is 0 Å². The zero-order chi connectivity index (χ0) is 19.9. The van der Waals surface area contributed by atoms with Gasteiger partial charge in [0, 0.05) is 17.4 Å². The van der Waals surface area contributed by atoms with Gasteiger partial charge >= 0.3 is 0 Å². The van der Waals surface area contributed by atoms with Crippen molar-refractivity contribution in [1.29, 1.82) is 0 Å². The van der Waals surface area contributed by atoms with Crippen LogP contribution in [0.2, 0.25) is 0 Å². The fourth-order valence-corrected chi connectivity index (χ4v) is 3.63. The largest absolute Gasteiger partial charge is 0.497 e. The minimum Gasteiger partial charge on any atom is -0.497 e. The Hall–Kier alpha value is -2.67. The summed E-state index contributed by atoms with van der Waals surface area (Å²) < 4.78 is 18.3. The fourth-order valence-electron chi connectivity index (χ4n) is 2.74. The third-order valence-electron chi connectivity index (χ3n) is 4.17. The molecule has 0 aliphatic heterocycles. The van der Waals surface area contributed by atoms with E-state index in [-0.39, 0.29) is 6.04 Å². The third-order valence-corrected chi connectivity index (χ3v) is 5.08. The molecule has 0 saturated heterocycles. The molecule has 0 atom stereocenters. The summed E-state index contributed by atoms with van der Waals surface area (Å²) in [7, 11) is 3.31. The van der Waals surface area contributed by atoms with Crippen LogP contribution in [0.5, 0.6) is 17.2 Å². The number of hydrogen-bond donors (Lipinski definition) is 0. The first-order valence-corrected chi connectivity index (χ1v) is 10.1. The van der Waals surface area contributed by atoms with Gasteiger partial charge in [-0.15, -0.1) is 10.2 Å². The van der Waals surface area contributed by atoms with Crippen LogP contribution in [0.25, 0.3) is 11.4 Å². The fraction of sp³-hybridized carbons (Fsp3) is 0.333. The second-order valence-corrected chi connectivity index (χ2v) is 7.43. The van der Waals surface area contributed by atoms with Gasteiger partial charge in [-0.05, 0) is 62.4 Å². The van der Waals surface area contributed by atoms with Crippen molar-refractivity contribution in [3.63, 3.8) is 0 Å². The van der Waals surface area contributed by atoms with E-state index >= 15 is 0 Å². The molecular weight excluding hydrogens is 374 g/mol. The molecule has 0 N–H and O–H groups in total. The van der Waals surface area contributed by atoms with Gasteiger partial charge in [-0.2, -0.15) is 0 Å². The number of benzene rings is 2. The molecule has 0 aliphatic carbocycles. The first-order valence-electron chi connectivity index (χ1n) is 9.11. The Labute approximate surface area is 169 Å². The molecule has 148 valence electrons. The molecule has 0 unspecified atom stereocenters. The maximum atomic E-state index is 5.80. The Kier molecular flexibility index (Phi) is 6.81. The molecule has 1 aromatic heterocycles. The number of rotatable bonds is 9. The van der Waals surface area contributed by atoms with Crippen molar-refractivity contribution in [1.82, 2.24) is 14.8 Å². The molecule has 0 radical (unpaired) electrons. The van der Waals surface area contributed by atoms with E-state index in [1.165, 1.54) is 0 Å². The van der Waals surface area contributed by atoms with Gasteiger partial charge in [0.25, 0.3) is 0 Å². The second-order valence-electron chi connectivity index (χ2n) is 6.37. The Morgan fingerprint density at radius 2 is 1.43 bits per heavy atom. The van der Waals surface area contributed by atoms with Crippen LogP contribution in [0.1, 0.15) is 19.9 Å². The first-order chi connectivity index (χ1) is 13.6. The summed E-state index contributed by atoms with van der Waals surface area (Å²) in [6, 6.07) is 15.7. The molecule has 1 heterocycles. The molecule has 6 nitrogen and oxygen atoms in total. The Balaban J connectivity index is 1.64. The average molecular weight is 400 g/mol. The van der Waals surface area contributed by atoms with Gasteiger partial charge in [0.05, 0.1) is 20.8 Å². The Morgan fingerprint density at radius 1 is 0.857 bits per heavy atom. The van der Waals surface area contributed by atoms with Crippen molar-refractivity contribution in [2.75, 3.05) is 26.6 Å². The number of hydrogen-bond acceptors (Lipinski definition) is 6. The van der Waals surface area contributed by atoms with Gasteiger partial charge in [0.2, 0.25) is 0 Å². The molecule has 7 heteroatoms. The van der Waals surface area contributed by atoms with E-state index in [4.69, 9.17) is 14.2 Å². The predicted molar refractivity (Wildman–Crippen MR) is 112 cm³/mol. The van der Waals surface area contributed by atoms with Gasteiger partial charge in [0.1, 0.15) is 17.2 Å². The average Bonchev–Trinajstić information content (AvgIpc) is 3.16. The van der Waals surface area contributed by atoms with Gasteiger partial charge in [-0.25, -0.2) is 0 Å². The van der Waals surface area contributed by atoms with Crippen LogP contribution < -0.4 is 14.2 Å². The second kappa shape index (κ2) is 9.50. The molecule has 2 aromatic carbocycles. The molecule has 3 rings (SSSR count). The smallest absolute Gasteiger partial charge is 0.191 e. The maximum Gasteiger partial charge on any atom is 0.191 e. The first kappa shape index (κ1) is 20.1. The van der Waals surface area contributed by atoms with Gasteiger partial charge in [-0.1, -0.05) is 11.8 Å². The van der Waals surface area contributed by atoms with Crippen LogP contribution in [0.15, 0.2) is 53.7 Å². The minimum atomic E-state index is 0.247. The molecule has 28 heavy (non-hydrogen) atoms. The predicted octanol–water partition coefficient (Wildman–Crippen LogP) is 4.71. The summed E-state index contributed by atoms with van der Waals surface area (Å²) in [6.07, 6.45) is 0. The van der Waals surface area contributed by atoms with Crippen LogP contribution in [0.4, 0.5) is 0 Å². The van der Waals surface area contributed by atoms with E-state index in [1.54, 1.807) is 26.0 Å². The number of methoxy groups -OCH3 is 2. The van der Waals surface area contributed by atoms with Crippen LogP contribution in [0.3, 0.4) is 0 Å². The normalized spacial score (nSPS) is 10.9. The van der Waals surface area contributed by atoms with Crippen molar-refractivity contribution in [3.05, 3.63) is 48.5 Å². The van der Waals surface area contributed by atoms with Gasteiger partial charge < -0.3 is 14.2 Å². The Bertz CT molecular complexity index is 877. The number of ether oxygens (including phenoxy) is 3. The van der Waals surface area contributed by atoms with E-state index in [2.05, 4.69) is 28.6 Å². The van der Waals surface area contributed by atoms with Crippen LogP contribution in [-0.4, -0.2) is 41.3 Å². The lowest BCUT2D eigenvalue weighted by molar-refractivity contribution is 0.342. The van der Waals surface area contributed by atoms with Gasteiger partial charge in [-0.3, -0.25) is 4.57 Å². The summed E-state index contributed by atoms with van der Waals surface area (Å²) in [5, 5.41) is 9.70. The van der Waals surface area contributed by atoms with E-state index in [0.29, 0.717) is 6.61 Å². The van der Waals surface area contributed by atoms with E-state index in [9.17, 15) is 0 Å². The van der Waals surface area contributed by atoms with Crippen molar-refractivity contribution >= 4 is 11.8 Å². The third kappa shape index (κ3) is 4.78. The van der Waals surface area contributed by atoms with E-state index in [1.807, 2.05) is 48.5 Å². The summed E-state index contributed by atoms with van der Waals surface area (Å²) in [6.45, 7) is 4.85. The summed E-state index contributed by atoms with van der Waals surface area (Å²) in [4.78, 5) is 0. The van der Waals surface area contributed by atoms with Crippen molar-refractivity contribution in [3.8, 4) is 28.6 Å². The highest BCUT2D eigenvalue weighted by Gasteiger charge is 2.16. The Morgan fingerprint density at radius 3 is 2.00 bits per heavy atom. The maximum absolute atomic E-state index is 5.80. The van der Waals surface area contributed by atoms with Crippen LogP contribution in [-0.2, 0) is 0 Å². The minimum absolute atomic E-state index is 0.247. The number of nitrogens with zero attached hydrogens (tertiary/aromatic N) is 3. The molecule has 0 spiro atoms. The van der Waals surface area contributed by atoms with Crippen LogP contribution in [0, 0.1) is 0 Å². The topological polar surface area (TPSA) is 58.4 Å². The van der Waals surface area contributed by atoms with Crippen molar-refractivity contribution < 1.29 is 14.2 Å². The lowest BCUT2D eigenvalue weighted by atomic mass is 10.2. The molecule has 3 aromatic rings. The number of thioether (sulfide) groups is 1. The SMILES string of the molecule is COc1ccc(OCCSc2nnc(-c3ccc(OC)cc3)n2C(C)C)cc1. The van der Waals surface area contributed by atoms with E-state index in [0.717, 1.165) is 39.5 Å². The lowest BCUT2D eigenvalue weighted by Gasteiger charge is -2.14. The van der Waals surface area contributed by atoms with Crippen molar-refractivity contribution in [2.24, 2.45) is 0 Å². The van der Waals surface area contributed by atoms with Gasteiger partial charge in [0.15, 0.2) is 11.0 Å². The quantitative estimate of drug-likeness (QED) is 0.383. The van der Waals surface area contributed by atoms with Crippen molar-refractivity contribution in [2.45, 2.75) is 25.0 Å². The summed E-state index contributed by atoms with van der Waals surface area (Å²) in [5.74, 6) is 4.10. The standard InChI is InChI=1S/C21H25N3O3S/c1-15(2)24-20(16-5-7-17(25-3)8-6-16)22-23-21(24)28-14-13-27-19-11-9-18(26-4)10-12-19/h5-12,15H,13-14H2,1-4H3.